The quantitative estimate of drug-likeness (QED) is 0.399. The maximum absolute atomic E-state index is 8.56. The van der Waals surface area contributed by atoms with E-state index in [0.717, 1.165) is 0 Å². The summed E-state index contributed by atoms with van der Waals surface area (Å²) in [7, 11) is 0. The molecule has 0 saturated carbocycles. The van der Waals surface area contributed by atoms with E-state index in [4.69, 9.17) is 39.9 Å². The van der Waals surface area contributed by atoms with Gasteiger partial charge in [0.15, 0.2) is 0 Å². The van der Waals surface area contributed by atoms with Crippen molar-refractivity contribution in [2.75, 3.05) is 0 Å². The first-order valence-electron chi connectivity index (χ1n) is 1.55. The Kier molecular flexibility index (Phi) is 35.5. The molecule has 0 fully saturated rings. The summed E-state index contributed by atoms with van der Waals surface area (Å²) in [6, 6.07) is 0. The molecule has 0 aliphatic carbocycles. The van der Waals surface area contributed by atoms with E-state index in [9.17, 15) is 0 Å². The van der Waals surface area contributed by atoms with Crippen molar-refractivity contribution in [2.45, 2.75) is 0 Å². The molecule has 79 valence electrons. The van der Waals surface area contributed by atoms with E-state index < -0.39 is 34.1 Å². The molecule has 0 spiro atoms. The van der Waals surface area contributed by atoms with Gasteiger partial charge in [0, 0.05) is 0 Å². The molecule has 0 aliphatic heterocycles. The Labute approximate surface area is 114 Å². The van der Waals surface area contributed by atoms with Gasteiger partial charge in [-0.1, -0.05) is 0 Å². The Balaban J connectivity index is -0.0000000450. The molecule has 0 amide bonds. The molecule has 13 heteroatoms. The topological polar surface area (TPSA) is 181 Å². The maximum Gasteiger partial charge on any atom is 3.00 e. The van der Waals surface area contributed by atoms with Crippen LogP contribution in [0.15, 0.2) is 0 Å². The van der Waals surface area contributed by atoms with E-state index in [1.54, 1.807) is 0 Å². The number of rotatable bonds is 0. The molecule has 0 saturated heterocycles. The first kappa shape index (κ1) is 24.0. The first-order valence-corrected chi connectivity index (χ1v) is 4.64. The van der Waals surface area contributed by atoms with Gasteiger partial charge in [-0.15, -0.1) is 0 Å². The van der Waals surface area contributed by atoms with Gasteiger partial charge in [0.1, 0.15) is 0 Å². The van der Waals surface area contributed by atoms with Crippen molar-refractivity contribution in [3.8, 4) is 0 Å². The van der Waals surface area contributed by atoms with Crippen molar-refractivity contribution in [3.05, 3.63) is 0 Å². The van der Waals surface area contributed by atoms with Crippen molar-refractivity contribution < 1.29 is 81.7 Å². The van der Waals surface area contributed by atoms with Gasteiger partial charge >= 0.3 is 41.7 Å². The summed E-state index contributed by atoms with van der Waals surface area (Å²) in [6.45, 7) is 0. The van der Waals surface area contributed by atoms with Gasteiger partial charge in [0.25, 0.3) is 0 Å². The molecule has 0 aromatic rings. The second kappa shape index (κ2) is 19.2. The van der Waals surface area contributed by atoms with Gasteiger partial charge in [0.05, 0.1) is 34.1 Å². The summed E-state index contributed by atoms with van der Waals surface area (Å²) in [5.74, 6) is 0. The fourth-order valence-corrected chi connectivity index (χ4v) is 0. The molecule has 3 N–H and O–H groups in total. The van der Waals surface area contributed by atoms with Crippen LogP contribution >= 0.6 is 0 Å². The zero-order chi connectivity index (χ0) is 10.7. The van der Waals surface area contributed by atoms with Crippen LogP contribution in [0.4, 0.5) is 0 Å². The average molecular weight is 383 g/mol. The molecule has 0 rings (SSSR count). The van der Waals surface area contributed by atoms with Gasteiger partial charge in [0.2, 0.25) is 0 Å². The predicted octanol–water partition coefficient (Wildman–Crippen LogP) is -1.98. The molecule has 0 bridgehead atoms. The molecule has 3 unspecified atom stereocenters. The Hall–Kier alpha value is 1.59. The van der Waals surface area contributed by atoms with E-state index in [2.05, 4.69) is 0 Å². The van der Waals surface area contributed by atoms with E-state index in [0.29, 0.717) is 0 Å². The van der Waals surface area contributed by atoms with Crippen LogP contribution in [0.3, 0.4) is 0 Å². The van der Waals surface area contributed by atoms with Crippen molar-refractivity contribution in [1.82, 2.24) is 0 Å². The second-order valence-electron chi connectivity index (χ2n) is 0.651. The minimum Gasteiger partial charge on any atom is -0.750 e. The minimum atomic E-state index is -2.86. The standard InChI is InChI=1S/Ce.3H2O3S/c;3*1-4(2)3/h;3*(H2,1,2,3)/q+3;;;/p-3. The predicted molar refractivity (Wildman–Crippen MR) is 34.6 cm³/mol. The molecule has 9 nitrogen and oxygen atoms in total. The van der Waals surface area contributed by atoms with Crippen LogP contribution in [-0.2, 0) is 34.1 Å². The number of hydrogen-bond acceptors (Lipinski definition) is 6. The van der Waals surface area contributed by atoms with E-state index in [1.807, 2.05) is 0 Å². The van der Waals surface area contributed by atoms with Gasteiger partial charge in [-0.25, -0.2) is 12.6 Å². The van der Waals surface area contributed by atoms with E-state index >= 15 is 0 Å². The van der Waals surface area contributed by atoms with Crippen LogP contribution in [0.5, 0.6) is 0 Å². The molecule has 0 aliphatic rings. The summed E-state index contributed by atoms with van der Waals surface area (Å²) in [6.07, 6.45) is 0. The maximum atomic E-state index is 8.56. The zero-order valence-electron chi connectivity index (χ0n) is 5.52. The minimum absolute atomic E-state index is 0. The Morgan fingerprint density at radius 3 is 0.692 bits per heavy atom. The molecule has 3 atom stereocenters. The Morgan fingerprint density at radius 1 is 0.692 bits per heavy atom. The third-order valence-corrected chi connectivity index (χ3v) is 0. The summed E-state index contributed by atoms with van der Waals surface area (Å²) >= 11 is -8.58. The zero-order valence-corrected chi connectivity index (χ0v) is 11.1. The van der Waals surface area contributed by atoms with Crippen LogP contribution in [0.2, 0.25) is 0 Å². The van der Waals surface area contributed by atoms with Crippen LogP contribution in [0, 0.1) is 41.7 Å². The van der Waals surface area contributed by atoms with Gasteiger partial charge in [-0.3, -0.25) is 0 Å². The molecule has 1 radical (unpaired) electrons. The van der Waals surface area contributed by atoms with E-state index in [-0.39, 0.29) is 41.7 Å². The fourth-order valence-electron chi connectivity index (χ4n) is 0. The van der Waals surface area contributed by atoms with Crippen molar-refractivity contribution >= 4 is 34.1 Å². The molecule has 0 aromatic heterocycles. The van der Waals surface area contributed by atoms with Crippen LogP contribution in [0.25, 0.3) is 0 Å². The molecular weight excluding hydrogens is 380 g/mol. The van der Waals surface area contributed by atoms with Gasteiger partial charge in [-0.05, 0) is 0 Å². The van der Waals surface area contributed by atoms with Crippen molar-refractivity contribution in [1.29, 1.82) is 0 Å². The number of hydrogen-bond donors (Lipinski definition) is 3. The smallest absolute Gasteiger partial charge is 0.750 e. The summed E-state index contributed by atoms with van der Waals surface area (Å²) in [5.41, 5.74) is 0. The van der Waals surface area contributed by atoms with E-state index in [1.165, 1.54) is 0 Å². The summed E-state index contributed by atoms with van der Waals surface area (Å²) < 4.78 is 72.2. The largest absolute Gasteiger partial charge is 3.00 e. The molecule has 13 heavy (non-hydrogen) atoms. The summed E-state index contributed by atoms with van der Waals surface area (Å²) in [4.78, 5) is 0. The molecule has 0 aromatic carbocycles. The van der Waals surface area contributed by atoms with Crippen molar-refractivity contribution in [2.24, 2.45) is 0 Å². The fraction of sp³-hybridized carbons (Fsp3) is 0. The van der Waals surface area contributed by atoms with Crippen LogP contribution in [0.1, 0.15) is 0 Å². The van der Waals surface area contributed by atoms with Crippen LogP contribution < -0.4 is 0 Å². The van der Waals surface area contributed by atoms with Gasteiger partial charge in [-0.2, -0.15) is 0 Å². The van der Waals surface area contributed by atoms with Crippen molar-refractivity contribution in [3.63, 3.8) is 0 Å². The van der Waals surface area contributed by atoms with Gasteiger partial charge < -0.3 is 27.3 Å². The normalized spacial score (nSPS) is 14.3. The second-order valence-corrected chi connectivity index (χ2v) is 1.95. The first-order chi connectivity index (χ1) is 5.20. The summed E-state index contributed by atoms with van der Waals surface area (Å²) in [5, 5.41) is 0. The Morgan fingerprint density at radius 2 is 0.692 bits per heavy atom. The molecule has 0 heterocycles. The third kappa shape index (κ3) is 725. The molecular formula is H3CeO9S3. The monoisotopic (exact) mass is 383 g/mol. The Bertz CT molecular complexity index is 112. The average Bonchev–Trinajstić information content (AvgIpc) is 1.54. The van der Waals surface area contributed by atoms with Crippen LogP contribution in [-0.4, -0.2) is 39.9 Å². The third-order valence-electron chi connectivity index (χ3n) is 0. The SMILES string of the molecule is O=S([O-])O.O=S([O-])O.O=S([O-])O.[Ce+3].